The molecule has 4 nitrogen and oxygen atoms in total. The Bertz CT molecular complexity index is 691. The molecule has 1 aliphatic rings. The van der Waals surface area contributed by atoms with Gasteiger partial charge in [0.2, 0.25) is 5.91 Å². The Hall–Kier alpha value is -1.75. The second-order valence-corrected chi connectivity index (χ2v) is 6.12. The van der Waals surface area contributed by atoms with Crippen LogP contribution in [0.1, 0.15) is 18.1 Å². The number of anilines is 2. The van der Waals surface area contributed by atoms with Gasteiger partial charge in [-0.3, -0.25) is 4.79 Å². The van der Waals surface area contributed by atoms with Gasteiger partial charge in [0, 0.05) is 36.9 Å². The lowest BCUT2D eigenvalue weighted by molar-refractivity contribution is -0.119. The smallest absolute Gasteiger partial charge is 0.228 e. The number of carbonyl (C=O) groups excluding carboxylic acids is 1. The van der Waals surface area contributed by atoms with E-state index in [9.17, 15) is 4.79 Å². The van der Waals surface area contributed by atoms with Crippen molar-refractivity contribution >= 4 is 42.1 Å². The number of halogens is 2. The highest BCUT2D eigenvalue weighted by molar-refractivity contribution is 5.92. The summed E-state index contributed by atoms with van der Waals surface area (Å²) in [6, 6.07) is 16.6. The number of benzene rings is 2. The van der Waals surface area contributed by atoms with E-state index in [0.29, 0.717) is 6.54 Å². The summed E-state index contributed by atoms with van der Waals surface area (Å²) in [5.41, 5.74) is 10.3. The van der Waals surface area contributed by atoms with E-state index in [1.807, 2.05) is 19.1 Å². The minimum absolute atomic E-state index is 0. The van der Waals surface area contributed by atoms with Gasteiger partial charge < -0.3 is 16.0 Å². The van der Waals surface area contributed by atoms with Crippen LogP contribution >= 0.6 is 24.8 Å². The van der Waals surface area contributed by atoms with Crippen LogP contribution in [0, 0.1) is 5.92 Å². The number of nitrogens with two attached hydrogens (primary N) is 1. The van der Waals surface area contributed by atoms with E-state index < -0.39 is 0 Å². The van der Waals surface area contributed by atoms with Gasteiger partial charge in [-0.05, 0) is 35.7 Å². The van der Waals surface area contributed by atoms with Gasteiger partial charge in [0.05, 0.1) is 0 Å². The SMILES string of the molecule is CC(CN)C(=O)Nc1ccc(CN2CCc3ccccc32)cc1.Cl.Cl. The number of carbonyl (C=O) groups is 1. The second kappa shape index (κ2) is 9.66. The van der Waals surface area contributed by atoms with Crippen LogP contribution in [0.5, 0.6) is 0 Å². The highest BCUT2D eigenvalue weighted by atomic mass is 35.5. The molecule has 3 rings (SSSR count). The van der Waals surface area contributed by atoms with Crippen LogP contribution in [0.2, 0.25) is 0 Å². The normalized spacial score (nSPS) is 13.3. The zero-order valence-corrected chi connectivity index (χ0v) is 15.9. The standard InChI is InChI=1S/C19H23N3O.2ClH/c1-14(12-20)19(23)21-17-8-6-15(7-9-17)13-22-11-10-16-4-2-3-5-18(16)22;;/h2-9,14H,10-13,20H2,1H3,(H,21,23);2*1H. The quantitative estimate of drug-likeness (QED) is 0.831. The number of nitrogens with one attached hydrogen (secondary N) is 1. The minimum Gasteiger partial charge on any atom is -0.367 e. The van der Waals surface area contributed by atoms with Crippen molar-refractivity contribution < 1.29 is 4.79 Å². The van der Waals surface area contributed by atoms with E-state index in [0.717, 1.165) is 25.2 Å². The molecule has 0 radical (unpaired) electrons. The van der Waals surface area contributed by atoms with Crippen LogP contribution in [0.25, 0.3) is 0 Å². The molecule has 0 saturated heterocycles. The van der Waals surface area contributed by atoms with Crippen LogP contribution < -0.4 is 16.0 Å². The molecule has 2 aromatic rings. The average molecular weight is 382 g/mol. The third-order valence-electron chi connectivity index (χ3n) is 4.38. The fourth-order valence-corrected chi connectivity index (χ4v) is 2.86. The van der Waals surface area contributed by atoms with Gasteiger partial charge in [0.1, 0.15) is 0 Å². The summed E-state index contributed by atoms with van der Waals surface area (Å²) in [7, 11) is 0. The molecule has 2 aromatic carbocycles. The Morgan fingerprint density at radius 3 is 2.52 bits per heavy atom. The van der Waals surface area contributed by atoms with Gasteiger partial charge in [-0.2, -0.15) is 0 Å². The number of hydrogen-bond acceptors (Lipinski definition) is 3. The van der Waals surface area contributed by atoms with Crippen molar-refractivity contribution in [2.24, 2.45) is 11.7 Å². The lowest BCUT2D eigenvalue weighted by atomic mass is 10.1. The maximum absolute atomic E-state index is 11.8. The molecule has 0 bridgehead atoms. The molecule has 0 aromatic heterocycles. The Labute approximate surface area is 161 Å². The van der Waals surface area contributed by atoms with E-state index in [1.54, 1.807) is 0 Å². The first-order valence-corrected chi connectivity index (χ1v) is 8.10. The number of amides is 1. The van der Waals surface area contributed by atoms with Gasteiger partial charge in [0.15, 0.2) is 0 Å². The maximum atomic E-state index is 11.8. The molecule has 0 spiro atoms. The first-order valence-electron chi connectivity index (χ1n) is 8.10. The summed E-state index contributed by atoms with van der Waals surface area (Å²) in [6.07, 6.45) is 1.11. The van der Waals surface area contributed by atoms with E-state index in [2.05, 4.69) is 46.6 Å². The van der Waals surface area contributed by atoms with Gasteiger partial charge in [-0.15, -0.1) is 24.8 Å². The molecule has 1 amide bonds. The van der Waals surface area contributed by atoms with Crippen molar-refractivity contribution in [1.82, 2.24) is 0 Å². The molecule has 0 saturated carbocycles. The summed E-state index contributed by atoms with van der Waals surface area (Å²) < 4.78 is 0. The van der Waals surface area contributed by atoms with Gasteiger partial charge in [-0.25, -0.2) is 0 Å². The fourth-order valence-electron chi connectivity index (χ4n) is 2.86. The zero-order chi connectivity index (χ0) is 16.2. The monoisotopic (exact) mass is 381 g/mol. The Balaban J connectivity index is 0.00000156. The summed E-state index contributed by atoms with van der Waals surface area (Å²) in [6.45, 7) is 4.14. The molecular weight excluding hydrogens is 357 g/mol. The molecule has 25 heavy (non-hydrogen) atoms. The first-order chi connectivity index (χ1) is 11.2. The third-order valence-corrected chi connectivity index (χ3v) is 4.38. The van der Waals surface area contributed by atoms with Crippen molar-refractivity contribution in [3.63, 3.8) is 0 Å². The van der Waals surface area contributed by atoms with Crippen molar-refractivity contribution in [2.45, 2.75) is 19.9 Å². The van der Waals surface area contributed by atoms with E-state index >= 15 is 0 Å². The highest BCUT2D eigenvalue weighted by Crippen LogP contribution is 2.28. The minimum atomic E-state index is -0.171. The number of hydrogen-bond donors (Lipinski definition) is 2. The number of fused-ring (bicyclic) bond motifs is 1. The predicted octanol–water partition coefficient (Wildman–Crippen LogP) is 3.63. The van der Waals surface area contributed by atoms with E-state index in [1.165, 1.54) is 16.8 Å². The molecular formula is C19H25Cl2N3O. The van der Waals surface area contributed by atoms with Crippen LogP contribution in [0.4, 0.5) is 11.4 Å². The lowest BCUT2D eigenvalue weighted by Crippen LogP contribution is -2.26. The Morgan fingerprint density at radius 2 is 1.84 bits per heavy atom. The van der Waals surface area contributed by atoms with E-state index in [-0.39, 0.29) is 36.6 Å². The van der Waals surface area contributed by atoms with Gasteiger partial charge in [0.25, 0.3) is 0 Å². The van der Waals surface area contributed by atoms with Crippen molar-refractivity contribution in [3.05, 3.63) is 59.7 Å². The molecule has 1 atom stereocenters. The zero-order valence-electron chi connectivity index (χ0n) is 14.3. The third kappa shape index (κ3) is 5.11. The Kier molecular flexibility index (Phi) is 8.23. The molecule has 3 N–H and O–H groups in total. The molecule has 6 heteroatoms. The maximum Gasteiger partial charge on any atom is 0.228 e. The average Bonchev–Trinajstić information content (AvgIpc) is 2.99. The second-order valence-electron chi connectivity index (χ2n) is 6.12. The van der Waals surface area contributed by atoms with Gasteiger partial charge in [-0.1, -0.05) is 37.3 Å². The summed E-state index contributed by atoms with van der Waals surface area (Å²) in [4.78, 5) is 14.2. The fraction of sp³-hybridized carbons (Fsp3) is 0.316. The molecule has 0 aliphatic carbocycles. The predicted molar refractivity (Wildman–Crippen MR) is 109 cm³/mol. The van der Waals surface area contributed by atoms with Crippen LogP contribution in [0.3, 0.4) is 0 Å². The summed E-state index contributed by atoms with van der Waals surface area (Å²) in [5.74, 6) is -0.204. The molecule has 1 aliphatic heterocycles. The lowest BCUT2D eigenvalue weighted by Gasteiger charge is -2.19. The first kappa shape index (κ1) is 21.3. The molecule has 1 unspecified atom stereocenters. The van der Waals surface area contributed by atoms with Crippen molar-refractivity contribution in [3.8, 4) is 0 Å². The van der Waals surface area contributed by atoms with Crippen LogP contribution in [-0.4, -0.2) is 19.0 Å². The number of para-hydroxylation sites is 1. The largest absolute Gasteiger partial charge is 0.367 e. The van der Waals surface area contributed by atoms with Gasteiger partial charge >= 0.3 is 0 Å². The molecule has 136 valence electrons. The Morgan fingerprint density at radius 1 is 1.16 bits per heavy atom. The van der Waals surface area contributed by atoms with Crippen molar-refractivity contribution in [1.29, 1.82) is 0 Å². The summed E-state index contributed by atoms with van der Waals surface area (Å²) in [5, 5.41) is 2.90. The van der Waals surface area contributed by atoms with E-state index in [4.69, 9.17) is 5.73 Å². The van der Waals surface area contributed by atoms with Crippen molar-refractivity contribution in [2.75, 3.05) is 23.3 Å². The number of rotatable bonds is 5. The molecule has 1 heterocycles. The number of nitrogens with zero attached hydrogens (tertiary/aromatic N) is 1. The molecule has 0 fully saturated rings. The van der Waals surface area contributed by atoms with Crippen LogP contribution in [-0.2, 0) is 17.8 Å². The highest BCUT2D eigenvalue weighted by Gasteiger charge is 2.18. The topological polar surface area (TPSA) is 58.4 Å². The summed E-state index contributed by atoms with van der Waals surface area (Å²) >= 11 is 0. The van der Waals surface area contributed by atoms with Crippen LogP contribution in [0.15, 0.2) is 48.5 Å².